The molecule has 0 bridgehead atoms. The van der Waals surface area contributed by atoms with Crippen LogP contribution in [0.2, 0.25) is 0 Å². The predicted molar refractivity (Wildman–Crippen MR) is 129 cm³/mol. The molecule has 0 radical (unpaired) electrons. The monoisotopic (exact) mass is 436 g/mol. The molecular formula is C26H36N4O2. The highest BCUT2D eigenvalue weighted by atomic mass is 16.5. The third-order valence-corrected chi connectivity index (χ3v) is 6.15. The van der Waals surface area contributed by atoms with Crippen molar-refractivity contribution >= 4 is 5.96 Å². The minimum atomic E-state index is 0.0747. The number of aryl methyl sites for hydroxylation is 1. The molecule has 2 fully saturated rings. The molecule has 0 saturated carbocycles. The van der Waals surface area contributed by atoms with Gasteiger partial charge in [-0.1, -0.05) is 48.5 Å². The topological polar surface area (TPSA) is 49.3 Å². The SMILES string of the molecule is CCNC(=NCc1cccc(CN2CCOCC2)c1)N1CCOC(c2ccccc2C)C1. The molecule has 6 heteroatoms. The number of nitrogens with zero attached hydrogens (tertiary/aromatic N) is 3. The molecule has 32 heavy (non-hydrogen) atoms. The Morgan fingerprint density at radius 3 is 2.66 bits per heavy atom. The molecule has 2 aromatic carbocycles. The number of guanidine groups is 1. The van der Waals surface area contributed by atoms with Gasteiger partial charge >= 0.3 is 0 Å². The zero-order valence-corrected chi connectivity index (χ0v) is 19.4. The number of benzene rings is 2. The second-order valence-corrected chi connectivity index (χ2v) is 8.54. The molecule has 2 heterocycles. The molecule has 0 amide bonds. The Hall–Kier alpha value is -2.41. The standard InChI is InChI=1S/C26H36N4O2/c1-3-27-26(30-13-16-32-25(20-30)24-10-5-4-7-21(24)2)28-18-22-8-6-9-23(17-22)19-29-11-14-31-15-12-29/h4-10,17,25H,3,11-16,18-20H2,1-2H3,(H,27,28). The average molecular weight is 437 g/mol. The van der Waals surface area contributed by atoms with Gasteiger partial charge in [-0.05, 0) is 36.1 Å². The molecule has 1 N–H and O–H groups in total. The van der Waals surface area contributed by atoms with Crippen LogP contribution in [0.25, 0.3) is 0 Å². The van der Waals surface area contributed by atoms with Gasteiger partial charge in [-0.25, -0.2) is 4.99 Å². The van der Waals surface area contributed by atoms with Gasteiger partial charge in [-0.3, -0.25) is 4.90 Å². The van der Waals surface area contributed by atoms with Crippen molar-refractivity contribution in [1.29, 1.82) is 0 Å². The highest BCUT2D eigenvalue weighted by molar-refractivity contribution is 5.80. The maximum absolute atomic E-state index is 6.12. The molecular weight excluding hydrogens is 400 g/mol. The second kappa shape index (κ2) is 11.5. The third kappa shape index (κ3) is 6.09. The van der Waals surface area contributed by atoms with Crippen LogP contribution in [-0.4, -0.2) is 68.3 Å². The summed E-state index contributed by atoms with van der Waals surface area (Å²) in [6.45, 7) is 12.8. The minimum absolute atomic E-state index is 0.0747. The van der Waals surface area contributed by atoms with E-state index < -0.39 is 0 Å². The van der Waals surface area contributed by atoms with Crippen molar-refractivity contribution < 1.29 is 9.47 Å². The van der Waals surface area contributed by atoms with Gasteiger partial charge < -0.3 is 19.7 Å². The molecule has 6 nitrogen and oxygen atoms in total. The Labute approximate surface area is 192 Å². The van der Waals surface area contributed by atoms with Crippen molar-refractivity contribution in [1.82, 2.24) is 15.1 Å². The first-order valence-electron chi connectivity index (χ1n) is 11.8. The largest absolute Gasteiger partial charge is 0.379 e. The smallest absolute Gasteiger partial charge is 0.194 e. The predicted octanol–water partition coefficient (Wildman–Crippen LogP) is 3.37. The summed E-state index contributed by atoms with van der Waals surface area (Å²) in [4.78, 5) is 9.78. The van der Waals surface area contributed by atoms with Crippen LogP contribution in [0.1, 0.15) is 35.3 Å². The first-order chi connectivity index (χ1) is 15.7. The van der Waals surface area contributed by atoms with Crippen LogP contribution in [-0.2, 0) is 22.6 Å². The highest BCUT2D eigenvalue weighted by Gasteiger charge is 2.25. The van der Waals surface area contributed by atoms with Crippen molar-refractivity contribution in [2.24, 2.45) is 4.99 Å². The molecule has 4 rings (SSSR count). The van der Waals surface area contributed by atoms with Crippen LogP contribution in [0, 0.1) is 6.92 Å². The van der Waals surface area contributed by atoms with E-state index in [4.69, 9.17) is 14.5 Å². The Bertz CT molecular complexity index is 895. The molecule has 2 aliphatic heterocycles. The van der Waals surface area contributed by atoms with E-state index in [0.29, 0.717) is 13.2 Å². The Morgan fingerprint density at radius 2 is 1.84 bits per heavy atom. The van der Waals surface area contributed by atoms with Crippen molar-refractivity contribution in [2.75, 3.05) is 52.5 Å². The fourth-order valence-corrected chi connectivity index (χ4v) is 4.41. The lowest BCUT2D eigenvalue weighted by Crippen LogP contribution is -2.48. The average Bonchev–Trinajstić information content (AvgIpc) is 2.83. The minimum Gasteiger partial charge on any atom is -0.379 e. The summed E-state index contributed by atoms with van der Waals surface area (Å²) in [7, 11) is 0. The fourth-order valence-electron chi connectivity index (χ4n) is 4.41. The van der Waals surface area contributed by atoms with Crippen LogP contribution in [0.3, 0.4) is 0 Å². The number of morpholine rings is 2. The summed E-state index contributed by atoms with van der Waals surface area (Å²) in [6.07, 6.45) is 0.0747. The van der Waals surface area contributed by atoms with Crippen LogP contribution < -0.4 is 5.32 Å². The molecule has 2 aliphatic rings. The number of hydrogen-bond acceptors (Lipinski definition) is 4. The van der Waals surface area contributed by atoms with Crippen molar-refractivity contribution in [3.8, 4) is 0 Å². The fraction of sp³-hybridized carbons (Fsp3) is 0.500. The van der Waals surface area contributed by atoms with Gasteiger partial charge in [0.05, 0.1) is 32.9 Å². The highest BCUT2D eigenvalue weighted by Crippen LogP contribution is 2.25. The lowest BCUT2D eigenvalue weighted by atomic mass is 10.0. The number of hydrogen-bond donors (Lipinski definition) is 1. The van der Waals surface area contributed by atoms with Crippen LogP contribution in [0.5, 0.6) is 0 Å². The molecule has 2 saturated heterocycles. The molecule has 0 aromatic heterocycles. The molecule has 172 valence electrons. The number of aliphatic imine (C=N–C) groups is 1. The van der Waals surface area contributed by atoms with E-state index >= 15 is 0 Å². The van der Waals surface area contributed by atoms with Gasteiger partial charge in [0.15, 0.2) is 5.96 Å². The molecule has 0 aliphatic carbocycles. The van der Waals surface area contributed by atoms with E-state index in [1.807, 2.05) is 0 Å². The lowest BCUT2D eigenvalue weighted by molar-refractivity contribution is -0.00834. The summed E-state index contributed by atoms with van der Waals surface area (Å²) < 4.78 is 11.6. The number of rotatable bonds is 6. The second-order valence-electron chi connectivity index (χ2n) is 8.54. The van der Waals surface area contributed by atoms with E-state index in [1.165, 1.54) is 22.3 Å². The maximum atomic E-state index is 6.12. The molecule has 0 spiro atoms. The first kappa shape index (κ1) is 22.8. The number of ether oxygens (including phenoxy) is 2. The third-order valence-electron chi connectivity index (χ3n) is 6.15. The summed E-state index contributed by atoms with van der Waals surface area (Å²) in [5.41, 5.74) is 5.13. The number of nitrogens with one attached hydrogen (secondary N) is 1. The molecule has 2 aromatic rings. The van der Waals surface area contributed by atoms with Crippen molar-refractivity contribution in [3.05, 3.63) is 70.8 Å². The van der Waals surface area contributed by atoms with E-state index in [0.717, 1.165) is 58.4 Å². The summed E-state index contributed by atoms with van der Waals surface area (Å²) in [5.74, 6) is 0.966. The van der Waals surface area contributed by atoms with Gasteiger partial charge in [-0.15, -0.1) is 0 Å². The molecule has 1 unspecified atom stereocenters. The normalized spacial score (nSPS) is 20.4. The zero-order chi connectivity index (χ0) is 22.2. The van der Waals surface area contributed by atoms with Crippen LogP contribution >= 0.6 is 0 Å². The Kier molecular flexibility index (Phi) is 8.15. The van der Waals surface area contributed by atoms with Crippen molar-refractivity contribution in [3.63, 3.8) is 0 Å². The van der Waals surface area contributed by atoms with Gasteiger partial charge in [0.1, 0.15) is 6.10 Å². The van der Waals surface area contributed by atoms with Gasteiger partial charge in [0, 0.05) is 32.7 Å². The van der Waals surface area contributed by atoms with Crippen LogP contribution in [0.4, 0.5) is 0 Å². The van der Waals surface area contributed by atoms with Gasteiger partial charge in [0.2, 0.25) is 0 Å². The van der Waals surface area contributed by atoms with E-state index in [9.17, 15) is 0 Å². The van der Waals surface area contributed by atoms with E-state index in [2.05, 4.69) is 77.5 Å². The van der Waals surface area contributed by atoms with Gasteiger partial charge in [-0.2, -0.15) is 0 Å². The van der Waals surface area contributed by atoms with Crippen LogP contribution in [0.15, 0.2) is 53.5 Å². The van der Waals surface area contributed by atoms with Crippen molar-refractivity contribution in [2.45, 2.75) is 33.0 Å². The summed E-state index contributed by atoms with van der Waals surface area (Å²) in [5, 5.41) is 3.49. The summed E-state index contributed by atoms with van der Waals surface area (Å²) >= 11 is 0. The first-order valence-corrected chi connectivity index (χ1v) is 11.8. The Balaban J connectivity index is 1.42. The van der Waals surface area contributed by atoms with Gasteiger partial charge in [0.25, 0.3) is 0 Å². The van der Waals surface area contributed by atoms with E-state index in [1.54, 1.807) is 0 Å². The lowest BCUT2D eigenvalue weighted by Gasteiger charge is -2.35. The maximum Gasteiger partial charge on any atom is 0.194 e. The summed E-state index contributed by atoms with van der Waals surface area (Å²) in [6, 6.07) is 17.3. The Morgan fingerprint density at radius 1 is 1.03 bits per heavy atom. The zero-order valence-electron chi connectivity index (χ0n) is 19.4. The quantitative estimate of drug-likeness (QED) is 0.556. The molecule has 1 atom stereocenters. The van der Waals surface area contributed by atoms with E-state index in [-0.39, 0.29) is 6.10 Å².